The largest absolute Gasteiger partial charge is 0.481 e. The fourth-order valence-corrected chi connectivity index (χ4v) is 10.5. The Hall–Kier alpha value is -1.20. The number of carboxylic acids is 1. The van der Waals surface area contributed by atoms with Crippen molar-refractivity contribution in [1.29, 1.82) is 0 Å². The lowest BCUT2D eigenvalue weighted by molar-refractivity contribution is -0.194. The van der Waals surface area contributed by atoms with E-state index in [1.54, 1.807) is 0 Å². The fraction of sp³-hybridized carbons (Fsp3) is 0.867. The van der Waals surface area contributed by atoms with Gasteiger partial charge in [0.25, 0.3) is 0 Å². The number of carbonyl (C=O) groups is 2. The van der Waals surface area contributed by atoms with Gasteiger partial charge in [-0.25, -0.2) is 0 Å². The first-order valence-electron chi connectivity index (χ1n) is 14.0. The van der Waals surface area contributed by atoms with Gasteiger partial charge in [-0.3, -0.25) is 9.59 Å². The average Bonchev–Trinajstić information content (AvgIpc) is 2.79. The molecule has 0 spiro atoms. The Labute approximate surface area is 211 Å². The maximum Gasteiger partial charge on any atom is 0.309 e. The van der Waals surface area contributed by atoms with E-state index in [0.29, 0.717) is 12.8 Å². The highest BCUT2D eigenvalue weighted by atomic mass is 16.4. The van der Waals surface area contributed by atoms with Gasteiger partial charge in [-0.1, -0.05) is 40.2 Å². The quantitative estimate of drug-likeness (QED) is 0.489. The van der Waals surface area contributed by atoms with Crippen LogP contribution in [-0.2, 0) is 9.59 Å². The van der Waals surface area contributed by atoms with E-state index in [2.05, 4.69) is 34.6 Å². The lowest BCUT2D eigenvalue weighted by Crippen LogP contribution is -2.68. The predicted octanol–water partition coefficient (Wildman–Crippen LogP) is 5.35. The third-order valence-corrected chi connectivity index (χ3v) is 13.3. The van der Waals surface area contributed by atoms with Crippen LogP contribution in [0.5, 0.6) is 0 Å². The second kappa shape index (κ2) is 7.43. The number of allylic oxidation sites excluding steroid dienone is 2. The Bertz CT molecular complexity index is 991. The van der Waals surface area contributed by atoms with Crippen LogP contribution in [-0.4, -0.2) is 34.6 Å². The zero-order valence-electron chi connectivity index (χ0n) is 22.7. The van der Waals surface area contributed by atoms with Crippen LogP contribution >= 0.6 is 0 Å². The number of fused-ring (bicyclic) bond motifs is 7. The number of hydrogen-bond acceptors (Lipinski definition) is 4. The number of rotatable bonds is 2. The Morgan fingerprint density at radius 3 is 2.29 bits per heavy atom. The zero-order valence-corrected chi connectivity index (χ0v) is 22.7. The predicted molar refractivity (Wildman–Crippen MR) is 136 cm³/mol. The van der Waals surface area contributed by atoms with Gasteiger partial charge < -0.3 is 15.9 Å². The van der Waals surface area contributed by atoms with Crippen molar-refractivity contribution in [2.24, 2.45) is 56.0 Å². The van der Waals surface area contributed by atoms with Gasteiger partial charge in [0.1, 0.15) is 0 Å². The summed E-state index contributed by atoms with van der Waals surface area (Å²) >= 11 is 0. The van der Waals surface area contributed by atoms with Gasteiger partial charge in [0.15, 0.2) is 5.78 Å². The lowest BCUT2D eigenvalue weighted by atomic mass is 9.33. The van der Waals surface area contributed by atoms with Crippen molar-refractivity contribution >= 4 is 11.8 Å². The van der Waals surface area contributed by atoms with Gasteiger partial charge in [-0.15, -0.1) is 0 Å². The molecule has 0 aromatic rings. The average molecular weight is 486 g/mol. The molecule has 0 saturated heterocycles. The first-order chi connectivity index (χ1) is 16.1. The van der Waals surface area contributed by atoms with E-state index in [1.165, 1.54) is 5.57 Å². The van der Waals surface area contributed by atoms with E-state index in [4.69, 9.17) is 5.73 Å². The number of nitrogens with two attached hydrogens (primary N) is 1. The number of hydrogen-bond donors (Lipinski definition) is 3. The highest BCUT2D eigenvalue weighted by Crippen LogP contribution is 2.75. The van der Waals surface area contributed by atoms with E-state index in [-0.39, 0.29) is 63.3 Å². The van der Waals surface area contributed by atoms with Gasteiger partial charge in [0, 0.05) is 17.4 Å². The first kappa shape index (κ1) is 25.4. The molecule has 5 heteroatoms. The molecule has 4 fully saturated rings. The molecule has 5 nitrogen and oxygen atoms in total. The number of aliphatic hydroxyl groups excluding tert-OH is 1. The summed E-state index contributed by atoms with van der Waals surface area (Å²) in [7, 11) is 0. The molecule has 5 rings (SSSR count). The van der Waals surface area contributed by atoms with Gasteiger partial charge in [-0.2, -0.15) is 0 Å². The number of aliphatic hydroxyl groups is 1. The maximum absolute atomic E-state index is 14.3. The van der Waals surface area contributed by atoms with Crippen LogP contribution in [0.3, 0.4) is 0 Å². The Morgan fingerprint density at radius 2 is 1.66 bits per heavy atom. The van der Waals surface area contributed by atoms with E-state index in [1.807, 2.05) is 13.0 Å². The van der Waals surface area contributed by atoms with Crippen LogP contribution in [0.15, 0.2) is 11.6 Å². The molecule has 10 atom stereocenters. The molecule has 0 radical (unpaired) electrons. The molecule has 0 aromatic carbocycles. The summed E-state index contributed by atoms with van der Waals surface area (Å²) in [5, 5.41) is 20.5. The Balaban J connectivity index is 1.62. The minimum Gasteiger partial charge on any atom is -0.481 e. The Kier molecular flexibility index (Phi) is 5.40. The van der Waals surface area contributed by atoms with Crippen molar-refractivity contribution in [3.8, 4) is 0 Å². The van der Waals surface area contributed by atoms with Crippen LogP contribution in [0.1, 0.15) is 99.3 Å². The number of carboxylic acid groups (broad SMARTS) is 1. The molecule has 0 aromatic heterocycles. The smallest absolute Gasteiger partial charge is 0.309 e. The topological polar surface area (TPSA) is 101 Å². The summed E-state index contributed by atoms with van der Waals surface area (Å²) in [6.07, 6.45) is 10.1. The molecule has 35 heavy (non-hydrogen) atoms. The fourth-order valence-electron chi connectivity index (χ4n) is 10.5. The van der Waals surface area contributed by atoms with Crippen molar-refractivity contribution < 1.29 is 19.8 Å². The minimum absolute atomic E-state index is 0.0402. The zero-order chi connectivity index (χ0) is 25.8. The number of ketones is 1. The van der Waals surface area contributed by atoms with Crippen molar-refractivity contribution in [1.82, 2.24) is 0 Å². The molecule has 5 aliphatic carbocycles. The highest BCUT2D eigenvalue weighted by molar-refractivity contribution is 5.95. The summed E-state index contributed by atoms with van der Waals surface area (Å²) in [4.78, 5) is 26.5. The third kappa shape index (κ3) is 3.00. The summed E-state index contributed by atoms with van der Waals surface area (Å²) in [6, 6.07) is -0.0402. The minimum atomic E-state index is -0.726. The number of aliphatic carboxylic acids is 1. The third-order valence-electron chi connectivity index (χ3n) is 13.3. The van der Waals surface area contributed by atoms with Crippen LogP contribution in [0.25, 0.3) is 0 Å². The summed E-state index contributed by atoms with van der Waals surface area (Å²) in [5.74, 6) is -0.169. The SMILES string of the molecule is C[C@]1(C(=O)O)CC[C@]2(C)CC[C@]3(C)C(=CC(=O)[C@@H]4[C@@]5(C)CC[C@H](N)[C@@](C)(CO)[C@@H]5CC[C@]43C)[C@@H]2C1. The highest BCUT2D eigenvalue weighted by Gasteiger charge is 2.70. The van der Waals surface area contributed by atoms with E-state index < -0.39 is 11.4 Å². The second-order valence-corrected chi connectivity index (χ2v) is 14.9. The molecule has 4 saturated carbocycles. The van der Waals surface area contributed by atoms with E-state index in [9.17, 15) is 19.8 Å². The van der Waals surface area contributed by atoms with Crippen LogP contribution in [0.2, 0.25) is 0 Å². The Morgan fingerprint density at radius 1 is 1.00 bits per heavy atom. The van der Waals surface area contributed by atoms with Crippen LogP contribution in [0, 0.1) is 50.2 Å². The van der Waals surface area contributed by atoms with Gasteiger partial charge in [0.2, 0.25) is 0 Å². The molecule has 196 valence electrons. The van der Waals surface area contributed by atoms with Crippen molar-refractivity contribution in [2.45, 2.75) is 105 Å². The standard InChI is InChI=1S/C30H47NO4/c1-25-11-12-26(2,24(34)35)16-19(25)18-15-20(33)23-27(3)9-8-22(31)28(4,17-32)21(27)7-10-30(23,6)29(18,5)14-13-25/h15,19,21-23,32H,7-14,16-17,31H2,1-6H3,(H,34,35)/t19-,21+,22-,23+,25+,26-,27-,28-,29+,30+/m0/s1. The normalized spacial score (nSPS) is 55.7. The van der Waals surface area contributed by atoms with E-state index >= 15 is 0 Å². The molecule has 4 N–H and O–H groups in total. The van der Waals surface area contributed by atoms with Crippen molar-refractivity contribution in [3.63, 3.8) is 0 Å². The monoisotopic (exact) mass is 485 g/mol. The van der Waals surface area contributed by atoms with E-state index in [0.717, 1.165) is 44.9 Å². The maximum atomic E-state index is 14.3. The first-order valence-corrected chi connectivity index (χ1v) is 14.0. The second-order valence-electron chi connectivity index (χ2n) is 14.9. The molecule has 0 heterocycles. The molecule has 5 aliphatic rings. The molecule has 0 aliphatic heterocycles. The van der Waals surface area contributed by atoms with Crippen molar-refractivity contribution in [2.75, 3.05) is 6.61 Å². The molecular formula is C30H47NO4. The molecular weight excluding hydrogens is 438 g/mol. The van der Waals surface area contributed by atoms with Crippen molar-refractivity contribution in [3.05, 3.63) is 11.6 Å². The summed E-state index contributed by atoms with van der Waals surface area (Å²) in [6.45, 7) is 13.5. The van der Waals surface area contributed by atoms with Crippen LogP contribution in [0.4, 0.5) is 0 Å². The summed E-state index contributed by atoms with van der Waals surface area (Å²) in [5.41, 5.74) is 6.34. The lowest BCUT2D eigenvalue weighted by Gasteiger charge is -2.70. The van der Waals surface area contributed by atoms with Crippen LogP contribution < -0.4 is 5.73 Å². The molecule has 0 amide bonds. The summed E-state index contributed by atoms with van der Waals surface area (Å²) < 4.78 is 0. The van der Waals surface area contributed by atoms with Gasteiger partial charge in [-0.05, 0) is 104 Å². The number of carbonyl (C=O) groups excluding carboxylic acids is 1. The molecule has 0 unspecified atom stereocenters. The van der Waals surface area contributed by atoms with Gasteiger partial charge >= 0.3 is 5.97 Å². The molecule has 0 bridgehead atoms. The van der Waals surface area contributed by atoms with Gasteiger partial charge in [0.05, 0.1) is 12.0 Å².